The summed E-state index contributed by atoms with van der Waals surface area (Å²) in [6.07, 6.45) is 0. The molecule has 0 aliphatic heterocycles. The summed E-state index contributed by atoms with van der Waals surface area (Å²) >= 11 is 0. The van der Waals surface area contributed by atoms with Crippen LogP contribution >= 0.6 is 0 Å². The maximum absolute atomic E-state index is 13.2. The molecule has 1 aromatic heterocycles. The van der Waals surface area contributed by atoms with Crippen molar-refractivity contribution in [1.82, 2.24) is 10.2 Å². The third-order valence-corrected chi connectivity index (χ3v) is 2.22. The zero-order chi connectivity index (χ0) is 11.9. The molecule has 2 nitrogen and oxygen atoms in total. The van der Waals surface area contributed by atoms with Gasteiger partial charge in [-0.05, 0) is 13.0 Å². The lowest BCUT2D eigenvalue weighted by Gasteiger charge is -2.20. The predicted octanol–water partition coefficient (Wildman–Crippen LogP) is 3.19. The number of halogens is 2. The minimum Gasteiger partial charge on any atom is -0.202 e. The molecule has 0 amide bonds. The van der Waals surface area contributed by atoms with Gasteiger partial charge in [-0.1, -0.05) is 20.8 Å². The van der Waals surface area contributed by atoms with E-state index in [-0.39, 0.29) is 16.7 Å². The van der Waals surface area contributed by atoms with Crippen LogP contribution in [-0.2, 0) is 11.3 Å². The second-order valence-electron chi connectivity index (χ2n) is 4.87. The molecule has 0 aliphatic carbocycles. The first-order valence-corrected chi connectivity index (χ1v) is 4.85. The van der Waals surface area contributed by atoms with Crippen LogP contribution in [0, 0.1) is 6.92 Å². The van der Waals surface area contributed by atoms with Gasteiger partial charge in [-0.3, -0.25) is 0 Å². The Balaban J connectivity index is 3.30. The van der Waals surface area contributed by atoms with E-state index >= 15 is 0 Å². The van der Waals surface area contributed by atoms with Gasteiger partial charge < -0.3 is 0 Å². The van der Waals surface area contributed by atoms with Crippen molar-refractivity contribution in [2.45, 2.75) is 46.0 Å². The zero-order valence-electron chi connectivity index (χ0n) is 9.73. The lowest BCUT2D eigenvalue weighted by Crippen LogP contribution is -2.19. The molecule has 0 aromatic carbocycles. The van der Waals surface area contributed by atoms with Crippen LogP contribution < -0.4 is 0 Å². The summed E-state index contributed by atoms with van der Waals surface area (Å²) in [5, 5.41) is 7.72. The number of alkyl halides is 2. The number of hydrogen-bond donors (Lipinski definition) is 0. The first-order valence-electron chi connectivity index (χ1n) is 4.85. The molecule has 0 aliphatic rings. The SMILES string of the molecule is Cc1nnc(C(C)(C)C)cc1C(C)(F)F. The fraction of sp³-hybridized carbons (Fsp3) is 0.636. The highest BCUT2D eigenvalue weighted by Crippen LogP contribution is 2.31. The van der Waals surface area contributed by atoms with Crippen LogP contribution in [0.25, 0.3) is 0 Å². The number of rotatable bonds is 1. The Bertz CT molecular complexity index is 362. The van der Waals surface area contributed by atoms with Crippen LogP contribution in [0.3, 0.4) is 0 Å². The monoisotopic (exact) mass is 214 g/mol. The summed E-state index contributed by atoms with van der Waals surface area (Å²) < 4.78 is 26.4. The Hall–Kier alpha value is -1.06. The standard InChI is InChI=1S/C11H16F2N2/c1-7-8(11(5,12)13)6-9(15-14-7)10(2,3)4/h6H,1-5H3. The largest absolute Gasteiger partial charge is 0.272 e. The normalized spacial score (nSPS) is 13.0. The molecule has 84 valence electrons. The van der Waals surface area contributed by atoms with Crippen molar-refractivity contribution in [3.8, 4) is 0 Å². The van der Waals surface area contributed by atoms with Crippen molar-refractivity contribution in [3.05, 3.63) is 23.0 Å². The van der Waals surface area contributed by atoms with E-state index < -0.39 is 5.92 Å². The Labute approximate surface area is 88.7 Å². The van der Waals surface area contributed by atoms with Gasteiger partial charge in [0.25, 0.3) is 5.92 Å². The van der Waals surface area contributed by atoms with Crippen molar-refractivity contribution < 1.29 is 8.78 Å². The highest BCUT2D eigenvalue weighted by Gasteiger charge is 2.29. The van der Waals surface area contributed by atoms with Crippen molar-refractivity contribution in [2.75, 3.05) is 0 Å². The van der Waals surface area contributed by atoms with Crippen LogP contribution in [0.15, 0.2) is 6.07 Å². The Morgan fingerprint density at radius 3 is 2.00 bits per heavy atom. The van der Waals surface area contributed by atoms with Gasteiger partial charge in [0.15, 0.2) is 0 Å². The molecule has 0 bridgehead atoms. The second-order valence-corrected chi connectivity index (χ2v) is 4.87. The van der Waals surface area contributed by atoms with E-state index in [0.717, 1.165) is 6.92 Å². The van der Waals surface area contributed by atoms with Crippen LogP contribution in [0.1, 0.15) is 44.6 Å². The summed E-state index contributed by atoms with van der Waals surface area (Å²) in [4.78, 5) is 0. The molecule has 0 unspecified atom stereocenters. The van der Waals surface area contributed by atoms with E-state index in [2.05, 4.69) is 10.2 Å². The summed E-state index contributed by atoms with van der Waals surface area (Å²) in [6.45, 7) is 8.19. The highest BCUT2D eigenvalue weighted by atomic mass is 19.3. The molecular weight excluding hydrogens is 198 g/mol. The maximum Gasteiger partial charge on any atom is 0.272 e. The van der Waals surface area contributed by atoms with Crippen molar-refractivity contribution in [3.63, 3.8) is 0 Å². The number of hydrogen-bond acceptors (Lipinski definition) is 2. The molecule has 4 heteroatoms. The number of nitrogens with zero attached hydrogens (tertiary/aromatic N) is 2. The van der Waals surface area contributed by atoms with Crippen LogP contribution in [0.5, 0.6) is 0 Å². The second kappa shape index (κ2) is 3.51. The number of aryl methyl sites for hydroxylation is 1. The topological polar surface area (TPSA) is 25.8 Å². The molecular formula is C11H16F2N2. The maximum atomic E-state index is 13.2. The summed E-state index contributed by atoms with van der Waals surface area (Å²) in [7, 11) is 0. The molecule has 1 rings (SSSR count). The van der Waals surface area contributed by atoms with Crippen molar-refractivity contribution in [1.29, 1.82) is 0 Å². The van der Waals surface area contributed by atoms with Gasteiger partial charge in [0.1, 0.15) is 0 Å². The van der Waals surface area contributed by atoms with Crippen molar-refractivity contribution in [2.24, 2.45) is 0 Å². The molecule has 0 saturated heterocycles. The Kier molecular flexibility index (Phi) is 2.81. The Morgan fingerprint density at radius 1 is 1.07 bits per heavy atom. The van der Waals surface area contributed by atoms with E-state index in [1.165, 1.54) is 6.07 Å². The van der Waals surface area contributed by atoms with Gasteiger partial charge in [-0.25, -0.2) is 8.78 Å². The van der Waals surface area contributed by atoms with E-state index in [1.807, 2.05) is 20.8 Å². The minimum atomic E-state index is -2.86. The third-order valence-electron chi connectivity index (χ3n) is 2.22. The van der Waals surface area contributed by atoms with Crippen LogP contribution in [-0.4, -0.2) is 10.2 Å². The summed E-state index contributed by atoms with van der Waals surface area (Å²) in [6, 6.07) is 1.45. The smallest absolute Gasteiger partial charge is 0.202 e. The average Bonchev–Trinajstić information content (AvgIpc) is 2.00. The van der Waals surface area contributed by atoms with Gasteiger partial charge in [0, 0.05) is 17.9 Å². The number of aromatic nitrogens is 2. The van der Waals surface area contributed by atoms with E-state index in [9.17, 15) is 8.78 Å². The zero-order valence-corrected chi connectivity index (χ0v) is 9.73. The molecule has 15 heavy (non-hydrogen) atoms. The molecule has 0 saturated carbocycles. The van der Waals surface area contributed by atoms with Crippen molar-refractivity contribution >= 4 is 0 Å². The molecule has 1 aromatic rings. The van der Waals surface area contributed by atoms with Gasteiger partial charge in [0.2, 0.25) is 0 Å². The fourth-order valence-corrected chi connectivity index (χ4v) is 1.26. The molecule has 0 spiro atoms. The summed E-state index contributed by atoms with van der Waals surface area (Å²) in [5.74, 6) is -2.86. The van der Waals surface area contributed by atoms with Gasteiger partial charge in [-0.2, -0.15) is 10.2 Å². The lowest BCUT2D eigenvalue weighted by molar-refractivity contribution is 0.0160. The van der Waals surface area contributed by atoms with E-state index in [0.29, 0.717) is 5.69 Å². The molecule has 0 atom stereocenters. The molecule has 0 N–H and O–H groups in total. The van der Waals surface area contributed by atoms with Crippen LogP contribution in [0.4, 0.5) is 8.78 Å². The predicted molar refractivity (Wildman–Crippen MR) is 55.0 cm³/mol. The average molecular weight is 214 g/mol. The van der Waals surface area contributed by atoms with E-state index in [4.69, 9.17) is 0 Å². The van der Waals surface area contributed by atoms with Gasteiger partial charge >= 0.3 is 0 Å². The van der Waals surface area contributed by atoms with E-state index in [1.54, 1.807) is 6.92 Å². The fourth-order valence-electron chi connectivity index (χ4n) is 1.26. The van der Waals surface area contributed by atoms with Gasteiger partial charge in [-0.15, -0.1) is 0 Å². The first kappa shape index (κ1) is 12.0. The lowest BCUT2D eigenvalue weighted by atomic mass is 9.90. The van der Waals surface area contributed by atoms with Gasteiger partial charge in [0.05, 0.1) is 11.4 Å². The third kappa shape index (κ3) is 2.70. The first-order chi connectivity index (χ1) is 6.62. The molecule has 1 heterocycles. The quantitative estimate of drug-likeness (QED) is 0.717. The molecule has 0 fully saturated rings. The molecule has 0 radical (unpaired) electrons. The Morgan fingerprint density at radius 2 is 1.60 bits per heavy atom. The summed E-state index contributed by atoms with van der Waals surface area (Å²) in [5.41, 5.74) is 0.573. The van der Waals surface area contributed by atoms with Crippen LogP contribution in [0.2, 0.25) is 0 Å². The minimum absolute atomic E-state index is 0.0394. The highest BCUT2D eigenvalue weighted by molar-refractivity contribution is 5.27.